The maximum atomic E-state index is 12.3. The van der Waals surface area contributed by atoms with Gasteiger partial charge in [-0.25, -0.2) is 0 Å². The van der Waals surface area contributed by atoms with Crippen LogP contribution in [0.5, 0.6) is 0 Å². The molecule has 0 spiro atoms. The van der Waals surface area contributed by atoms with Gasteiger partial charge < -0.3 is 4.74 Å². The molecule has 1 fully saturated rings. The SMILES string of the molecule is CC1OCCC1S(=O)CC(C#N)C(F)(F)F. The van der Waals surface area contributed by atoms with Crippen LogP contribution in [0.4, 0.5) is 13.2 Å². The predicted octanol–water partition coefficient (Wildman–Crippen LogP) is 1.61. The molecule has 0 aromatic rings. The van der Waals surface area contributed by atoms with Gasteiger partial charge in [0.1, 0.15) is 0 Å². The lowest BCUT2D eigenvalue weighted by Crippen LogP contribution is -2.32. The molecule has 1 rings (SSSR count). The number of halogens is 3. The standard InChI is InChI=1S/C9H12F3NO2S/c1-6-8(2-3-15-6)16(14)5-7(4-13)9(10,11)12/h6-8H,2-3,5H2,1H3. The van der Waals surface area contributed by atoms with E-state index in [0.717, 1.165) is 6.07 Å². The highest BCUT2D eigenvalue weighted by molar-refractivity contribution is 7.85. The van der Waals surface area contributed by atoms with Gasteiger partial charge in [-0.15, -0.1) is 0 Å². The molecule has 0 N–H and O–H groups in total. The van der Waals surface area contributed by atoms with Crippen LogP contribution in [0.1, 0.15) is 13.3 Å². The van der Waals surface area contributed by atoms with E-state index in [9.17, 15) is 17.4 Å². The van der Waals surface area contributed by atoms with Crippen LogP contribution in [0.15, 0.2) is 0 Å². The topological polar surface area (TPSA) is 50.1 Å². The van der Waals surface area contributed by atoms with Crippen LogP contribution in [0.2, 0.25) is 0 Å². The lowest BCUT2D eigenvalue weighted by Gasteiger charge is -2.17. The van der Waals surface area contributed by atoms with E-state index in [2.05, 4.69) is 0 Å². The highest BCUT2D eigenvalue weighted by Crippen LogP contribution is 2.28. The van der Waals surface area contributed by atoms with Crippen LogP contribution in [-0.4, -0.2) is 34.1 Å². The molecule has 3 nitrogen and oxygen atoms in total. The number of rotatable bonds is 3. The summed E-state index contributed by atoms with van der Waals surface area (Å²) >= 11 is 0. The largest absolute Gasteiger partial charge is 0.405 e. The monoisotopic (exact) mass is 255 g/mol. The number of nitrogens with zero attached hydrogens (tertiary/aromatic N) is 1. The van der Waals surface area contributed by atoms with Gasteiger partial charge in [0.05, 0.1) is 17.4 Å². The Labute approximate surface area is 94.0 Å². The number of nitriles is 1. The second-order valence-corrected chi connectivity index (χ2v) is 5.37. The molecule has 0 radical (unpaired) electrons. The van der Waals surface area contributed by atoms with Gasteiger partial charge in [0.25, 0.3) is 0 Å². The Kier molecular flexibility index (Phi) is 4.33. The van der Waals surface area contributed by atoms with Crippen LogP contribution in [-0.2, 0) is 15.5 Å². The first kappa shape index (κ1) is 13.5. The zero-order valence-electron chi connectivity index (χ0n) is 8.66. The highest BCUT2D eigenvalue weighted by Gasteiger charge is 2.43. The van der Waals surface area contributed by atoms with E-state index in [1.54, 1.807) is 6.92 Å². The van der Waals surface area contributed by atoms with Crippen LogP contribution >= 0.6 is 0 Å². The third-order valence-electron chi connectivity index (χ3n) is 2.53. The molecule has 0 aromatic heterocycles. The molecule has 0 bridgehead atoms. The molecule has 1 aliphatic rings. The van der Waals surface area contributed by atoms with Gasteiger partial charge in [0, 0.05) is 23.2 Å². The molecule has 16 heavy (non-hydrogen) atoms. The second-order valence-electron chi connectivity index (χ2n) is 3.67. The predicted molar refractivity (Wildman–Crippen MR) is 52.0 cm³/mol. The molecule has 7 heteroatoms. The summed E-state index contributed by atoms with van der Waals surface area (Å²) in [6.07, 6.45) is -4.41. The molecule has 0 aromatic carbocycles. The lowest BCUT2D eigenvalue weighted by atomic mass is 10.2. The van der Waals surface area contributed by atoms with E-state index in [1.165, 1.54) is 0 Å². The van der Waals surface area contributed by atoms with Crippen LogP contribution in [0, 0.1) is 17.2 Å². The first-order valence-electron chi connectivity index (χ1n) is 4.81. The van der Waals surface area contributed by atoms with Crippen molar-refractivity contribution in [2.45, 2.75) is 30.9 Å². The number of hydrogen-bond acceptors (Lipinski definition) is 3. The zero-order chi connectivity index (χ0) is 12.3. The van der Waals surface area contributed by atoms with Crippen molar-refractivity contribution in [2.75, 3.05) is 12.4 Å². The maximum absolute atomic E-state index is 12.3. The Morgan fingerprint density at radius 2 is 2.25 bits per heavy atom. The summed E-state index contributed by atoms with van der Waals surface area (Å²) in [5.41, 5.74) is 0. The minimum atomic E-state index is -4.60. The molecular weight excluding hydrogens is 243 g/mol. The maximum Gasteiger partial charge on any atom is 0.405 e. The Morgan fingerprint density at radius 3 is 2.62 bits per heavy atom. The smallest absolute Gasteiger partial charge is 0.377 e. The number of alkyl halides is 3. The van der Waals surface area contributed by atoms with Crippen LogP contribution in [0.3, 0.4) is 0 Å². The van der Waals surface area contributed by atoms with Crippen molar-refractivity contribution in [2.24, 2.45) is 5.92 Å². The van der Waals surface area contributed by atoms with Gasteiger partial charge in [-0.1, -0.05) is 0 Å². The number of hydrogen-bond donors (Lipinski definition) is 0. The first-order chi connectivity index (χ1) is 7.36. The average molecular weight is 255 g/mol. The van der Waals surface area contributed by atoms with Crippen molar-refractivity contribution in [1.29, 1.82) is 5.26 Å². The van der Waals surface area contributed by atoms with E-state index in [1.807, 2.05) is 0 Å². The fourth-order valence-corrected chi connectivity index (χ4v) is 3.25. The summed E-state index contributed by atoms with van der Waals surface area (Å²) in [4.78, 5) is 0. The average Bonchev–Trinajstić information content (AvgIpc) is 2.58. The molecule has 1 saturated heterocycles. The van der Waals surface area contributed by atoms with E-state index in [0.29, 0.717) is 13.0 Å². The molecule has 92 valence electrons. The molecule has 0 saturated carbocycles. The molecule has 4 unspecified atom stereocenters. The summed E-state index contributed by atoms with van der Waals surface area (Å²) in [7, 11) is -1.67. The summed E-state index contributed by atoms with van der Waals surface area (Å²) < 4.78 is 53.6. The zero-order valence-corrected chi connectivity index (χ0v) is 9.48. The summed E-state index contributed by atoms with van der Waals surface area (Å²) in [6.45, 7) is 2.10. The molecule has 0 aliphatic carbocycles. The van der Waals surface area contributed by atoms with Gasteiger partial charge in [0.2, 0.25) is 0 Å². The van der Waals surface area contributed by atoms with Gasteiger partial charge in [-0.2, -0.15) is 18.4 Å². The summed E-state index contributed by atoms with van der Waals surface area (Å²) in [5.74, 6) is -2.81. The van der Waals surface area contributed by atoms with Crippen molar-refractivity contribution >= 4 is 10.8 Å². The third kappa shape index (κ3) is 3.19. The quantitative estimate of drug-likeness (QED) is 0.770. The van der Waals surface area contributed by atoms with E-state index in [-0.39, 0.29) is 6.10 Å². The van der Waals surface area contributed by atoms with Gasteiger partial charge >= 0.3 is 6.18 Å². The van der Waals surface area contributed by atoms with Crippen molar-refractivity contribution in [3.05, 3.63) is 0 Å². The first-order valence-corrected chi connectivity index (χ1v) is 6.19. The fraction of sp³-hybridized carbons (Fsp3) is 0.889. The molecular formula is C9H12F3NO2S. The lowest BCUT2D eigenvalue weighted by molar-refractivity contribution is -0.153. The summed E-state index contributed by atoms with van der Waals surface area (Å²) in [5, 5.41) is 7.99. The third-order valence-corrected chi connectivity index (χ3v) is 4.48. The molecule has 1 aliphatic heterocycles. The Balaban J connectivity index is 2.60. The minimum Gasteiger partial charge on any atom is -0.377 e. The fourth-order valence-electron chi connectivity index (χ4n) is 1.55. The van der Waals surface area contributed by atoms with Crippen molar-refractivity contribution in [1.82, 2.24) is 0 Å². The highest BCUT2D eigenvalue weighted by atomic mass is 32.2. The molecule has 4 atom stereocenters. The van der Waals surface area contributed by atoms with E-state index >= 15 is 0 Å². The molecule has 1 heterocycles. The van der Waals surface area contributed by atoms with Crippen molar-refractivity contribution < 1.29 is 22.1 Å². The second kappa shape index (κ2) is 5.15. The van der Waals surface area contributed by atoms with E-state index < -0.39 is 33.9 Å². The Hall–Kier alpha value is -0.610. The number of ether oxygens (including phenoxy) is 1. The van der Waals surface area contributed by atoms with Crippen molar-refractivity contribution in [3.63, 3.8) is 0 Å². The van der Waals surface area contributed by atoms with Crippen molar-refractivity contribution in [3.8, 4) is 6.07 Å². The minimum absolute atomic E-state index is 0.298. The normalized spacial score (nSPS) is 29.7. The Morgan fingerprint density at radius 1 is 1.62 bits per heavy atom. The molecule has 0 amide bonds. The van der Waals surface area contributed by atoms with Gasteiger partial charge in [-0.3, -0.25) is 4.21 Å². The van der Waals surface area contributed by atoms with E-state index in [4.69, 9.17) is 10.00 Å². The van der Waals surface area contributed by atoms with Crippen LogP contribution < -0.4 is 0 Å². The van der Waals surface area contributed by atoms with Gasteiger partial charge in [-0.05, 0) is 13.3 Å². The van der Waals surface area contributed by atoms with Crippen LogP contribution in [0.25, 0.3) is 0 Å². The summed E-state index contributed by atoms with van der Waals surface area (Å²) in [6, 6.07) is 1.15. The Bertz CT molecular complexity index is 313. The van der Waals surface area contributed by atoms with Gasteiger partial charge in [0.15, 0.2) is 5.92 Å².